The van der Waals surface area contributed by atoms with Crippen LogP contribution in [0, 0.1) is 0 Å². The van der Waals surface area contributed by atoms with Gasteiger partial charge >= 0.3 is 0 Å². The fourth-order valence-electron chi connectivity index (χ4n) is 0.0596. The summed E-state index contributed by atoms with van der Waals surface area (Å²) >= 11 is 0. The lowest BCUT2D eigenvalue weighted by Crippen LogP contribution is -2.22. The molecule has 0 aromatic carbocycles. The van der Waals surface area contributed by atoms with Crippen molar-refractivity contribution in [2.45, 2.75) is 0 Å². The summed E-state index contributed by atoms with van der Waals surface area (Å²) in [5.41, 5.74) is 0. The third kappa shape index (κ3) is 5.68. The highest BCUT2D eigenvalue weighted by Gasteiger charge is 1.97. The predicted molar refractivity (Wildman–Crippen MR) is 13.0 cm³/mol. The van der Waals surface area contributed by atoms with Gasteiger partial charge in [-0.1, -0.05) is 9.98 Å². The van der Waals surface area contributed by atoms with Gasteiger partial charge in [0.25, 0.3) is 0 Å². The average Bonchev–Trinajstić information content (AvgIpc) is 1.61. The second-order valence-electron chi connectivity index (χ2n) is 0.655. The maximum Gasteiger partial charge on any atom is 0.103 e. The lowest BCUT2D eigenvalue weighted by Gasteiger charge is -2.04. The Kier molecular flexibility index (Phi) is 3.51. The summed E-state index contributed by atoms with van der Waals surface area (Å²) in [6.07, 6.45) is 0. The van der Waals surface area contributed by atoms with Crippen molar-refractivity contribution in [1.82, 2.24) is 10.8 Å². The van der Waals surface area contributed by atoms with Crippen molar-refractivity contribution < 1.29 is 30.8 Å². The lowest BCUT2D eigenvalue weighted by atomic mass is 12.9. The van der Waals surface area contributed by atoms with Crippen molar-refractivity contribution in [3.05, 3.63) is 0 Å². The first-order valence-corrected chi connectivity index (χ1v) is 1.33. The molecule has 0 aromatic heterocycles. The van der Waals surface area contributed by atoms with Gasteiger partial charge < -0.3 is 0 Å². The van der Waals surface area contributed by atoms with E-state index in [1.165, 1.54) is 0 Å². The Bertz CT molecular complexity index is 42.5. The molecule has 0 bridgehead atoms. The van der Waals surface area contributed by atoms with E-state index in [9.17, 15) is 0 Å². The first-order valence-electron chi connectivity index (χ1n) is 1.33. The molecule has 0 fully saturated rings. The molecule has 0 aromatic rings. The van der Waals surface area contributed by atoms with Gasteiger partial charge in [-0.25, -0.2) is 0 Å². The van der Waals surface area contributed by atoms with Crippen LogP contribution in [0.5, 0.6) is 0 Å². The maximum atomic E-state index is 7.59. The van der Waals surface area contributed by atoms with Gasteiger partial charge in [0.2, 0.25) is 0 Å². The molecule has 4 N–H and O–H groups in total. The zero-order valence-electron chi connectivity index (χ0n) is 3.50. The van der Waals surface area contributed by atoms with E-state index < -0.39 is 10.8 Å². The van der Waals surface area contributed by atoms with Crippen LogP contribution in [0.25, 0.3) is 0 Å². The van der Waals surface area contributed by atoms with E-state index in [-0.39, 0.29) is 0 Å². The van der Waals surface area contributed by atoms with E-state index in [2.05, 4.69) is 9.98 Å². The van der Waals surface area contributed by atoms with Crippen LogP contribution in [0.4, 0.5) is 0 Å². The largest absolute Gasteiger partial charge is 0.264 e. The van der Waals surface area contributed by atoms with E-state index in [0.717, 1.165) is 0 Å². The Morgan fingerprint density at radius 1 is 0.750 bits per heavy atom. The van der Waals surface area contributed by atoms with Crippen molar-refractivity contribution in [3.63, 3.8) is 0 Å². The standard InChI is InChI=1S/H4N2O6/c3-1(4)7-8-2(5)6/h3-6H. The molecule has 0 spiro atoms. The molecule has 0 saturated carbocycles. The number of nitrogens with zero attached hydrogens (tertiary/aromatic N) is 2. The monoisotopic (exact) mass is 128 g/mol. The first kappa shape index (κ1) is 7.68. The third-order valence-corrected chi connectivity index (χ3v) is 0.167. The van der Waals surface area contributed by atoms with E-state index in [0.29, 0.717) is 0 Å². The van der Waals surface area contributed by atoms with E-state index in [1.54, 1.807) is 0 Å². The highest BCUT2D eigenvalue weighted by atomic mass is 17.5. The van der Waals surface area contributed by atoms with Crippen LogP contribution in [0.1, 0.15) is 0 Å². The van der Waals surface area contributed by atoms with Gasteiger partial charge in [-0.15, -0.1) is 0 Å². The molecule has 0 atom stereocenters. The molecule has 0 rings (SSSR count). The fourth-order valence-corrected chi connectivity index (χ4v) is 0.0596. The molecule has 0 saturated heterocycles. The molecule has 50 valence electrons. The Labute approximate surface area is 43.0 Å². The molecule has 0 aliphatic heterocycles. The van der Waals surface area contributed by atoms with Crippen molar-refractivity contribution in [2.24, 2.45) is 0 Å². The molecule has 0 amide bonds. The molecule has 0 heterocycles. The predicted octanol–water partition coefficient (Wildman–Crippen LogP) is -1.07. The normalized spacial score (nSPS) is 11.2. The Hall–Kier alpha value is -0.320. The molecule has 8 heteroatoms. The fraction of sp³-hybridized carbons (Fsp3) is 0. The van der Waals surface area contributed by atoms with Gasteiger partial charge in [0.1, 0.15) is 10.8 Å². The van der Waals surface area contributed by atoms with Crippen LogP contribution in [0.3, 0.4) is 0 Å². The molecule has 8 heavy (non-hydrogen) atoms. The van der Waals surface area contributed by atoms with Gasteiger partial charge in [0.15, 0.2) is 0 Å². The van der Waals surface area contributed by atoms with Crippen LogP contribution in [0.15, 0.2) is 0 Å². The second-order valence-corrected chi connectivity index (χ2v) is 0.655. The van der Waals surface area contributed by atoms with Crippen molar-refractivity contribution in [1.29, 1.82) is 0 Å². The molecule has 0 aliphatic rings. The zero-order chi connectivity index (χ0) is 6.57. The van der Waals surface area contributed by atoms with Crippen LogP contribution < -0.4 is 0 Å². The highest BCUT2D eigenvalue weighted by molar-refractivity contribution is 3.39. The molecule has 8 nitrogen and oxygen atoms in total. The topological polar surface area (TPSA) is 106 Å². The number of hydrogen-bond acceptors (Lipinski definition) is 8. The van der Waals surface area contributed by atoms with Crippen LogP contribution in [-0.4, -0.2) is 31.6 Å². The quantitative estimate of drug-likeness (QED) is 0.281. The minimum absolute atomic E-state index is 0.862. The van der Waals surface area contributed by atoms with E-state index in [1.807, 2.05) is 0 Å². The average molecular weight is 128 g/mol. The smallest absolute Gasteiger partial charge is 0.103 e. The molecular weight excluding hydrogens is 124 g/mol. The van der Waals surface area contributed by atoms with Crippen molar-refractivity contribution in [3.8, 4) is 0 Å². The Morgan fingerprint density at radius 3 is 1.12 bits per heavy atom. The Balaban J connectivity index is 2.93. The third-order valence-electron chi connectivity index (χ3n) is 0.167. The lowest BCUT2D eigenvalue weighted by molar-refractivity contribution is -0.713. The van der Waals surface area contributed by atoms with Crippen LogP contribution in [0.2, 0.25) is 0 Å². The molecule has 0 aliphatic carbocycles. The summed E-state index contributed by atoms with van der Waals surface area (Å²) < 4.78 is 0. The van der Waals surface area contributed by atoms with Crippen LogP contribution in [-0.2, 0) is 9.98 Å². The Morgan fingerprint density at radius 2 is 1.00 bits per heavy atom. The summed E-state index contributed by atoms with van der Waals surface area (Å²) in [6.45, 7) is 0. The molecular formula is H4N2O6. The van der Waals surface area contributed by atoms with Crippen molar-refractivity contribution in [2.75, 3.05) is 0 Å². The van der Waals surface area contributed by atoms with Crippen molar-refractivity contribution >= 4 is 0 Å². The number of hydrogen-bond donors (Lipinski definition) is 4. The summed E-state index contributed by atoms with van der Waals surface area (Å²) in [4.78, 5) is 6.35. The minimum Gasteiger partial charge on any atom is -0.264 e. The maximum absolute atomic E-state index is 7.59. The van der Waals surface area contributed by atoms with E-state index >= 15 is 0 Å². The second kappa shape index (κ2) is 3.65. The first-order chi connectivity index (χ1) is 3.63. The van der Waals surface area contributed by atoms with Gasteiger partial charge in [-0.3, -0.25) is 20.8 Å². The van der Waals surface area contributed by atoms with Gasteiger partial charge in [0, 0.05) is 0 Å². The van der Waals surface area contributed by atoms with Gasteiger partial charge in [-0.05, 0) is 0 Å². The minimum atomic E-state index is -0.862. The summed E-state index contributed by atoms with van der Waals surface area (Å²) in [7, 11) is 0. The highest BCUT2D eigenvalue weighted by Crippen LogP contribution is 1.80. The van der Waals surface area contributed by atoms with Gasteiger partial charge in [-0.2, -0.15) is 0 Å². The SMILES string of the molecule is ON(O)OON(O)O. The van der Waals surface area contributed by atoms with Crippen LogP contribution >= 0.6 is 0 Å². The molecule has 0 unspecified atom stereocenters. The molecule has 0 radical (unpaired) electrons. The van der Waals surface area contributed by atoms with Gasteiger partial charge in [0.05, 0.1) is 0 Å². The van der Waals surface area contributed by atoms with E-state index in [4.69, 9.17) is 20.8 Å². The summed E-state index contributed by atoms with van der Waals surface area (Å²) in [5, 5.41) is 28.7. The summed E-state index contributed by atoms with van der Waals surface area (Å²) in [5.74, 6) is 0. The number of rotatable bonds is 3. The zero-order valence-corrected chi connectivity index (χ0v) is 3.50. The summed E-state index contributed by atoms with van der Waals surface area (Å²) in [6, 6.07) is 0.